The second-order valence-corrected chi connectivity index (χ2v) is 6.37. The summed E-state index contributed by atoms with van der Waals surface area (Å²) in [6.45, 7) is 7.86. The molecule has 0 saturated heterocycles. The Hall–Kier alpha value is -2.23. The number of nitrogens with one attached hydrogen (secondary N) is 1. The monoisotopic (exact) mass is 311 g/mol. The maximum absolute atomic E-state index is 12.9. The maximum Gasteiger partial charge on any atom is 0.322 e. The van der Waals surface area contributed by atoms with Crippen molar-refractivity contribution in [1.82, 2.24) is 9.47 Å². The standard InChI is InChI=1S/C19H25N3O/c1-4-6-18-17-7-5-10-21(17)11-12-22(18)19(23)20-16-13-14(2)8-9-15(16)3/h5,7-10,13,18H,4,6,11-12H2,1-3H3,(H,20,23)/t18-/m1/s1. The number of rotatable bonds is 3. The zero-order chi connectivity index (χ0) is 16.4. The molecule has 1 aliphatic rings. The van der Waals surface area contributed by atoms with Crippen molar-refractivity contribution in [3.63, 3.8) is 0 Å². The Morgan fingerprint density at radius 3 is 2.87 bits per heavy atom. The van der Waals surface area contributed by atoms with Crippen LogP contribution in [0.1, 0.15) is 42.6 Å². The third kappa shape index (κ3) is 3.11. The molecule has 2 amide bonds. The highest BCUT2D eigenvalue weighted by atomic mass is 16.2. The number of amides is 2. The molecule has 23 heavy (non-hydrogen) atoms. The summed E-state index contributed by atoms with van der Waals surface area (Å²) < 4.78 is 2.27. The number of carbonyl (C=O) groups is 1. The molecule has 4 nitrogen and oxygen atoms in total. The summed E-state index contributed by atoms with van der Waals surface area (Å²) in [6, 6.07) is 10.5. The highest BCUT2D eigenvalue weighted by molar-refractivity contribution is 5.90. The average molecular weight is 311 g/mol. The van der Waals surface area contributed by atoms with Gasteiger partial charge in [-0.1, -0.05) is 25.5 Å². The largest absolute Gasteiger partial charge is 0.348 e. The van der Waals surface area contributed by atoms with Crippen LogP contribution in [0.3, 0.4) is 0 Å². The number of aromatic nitrogens is 1. The first-order chi connectivity index (χ1) is 11.1. The molecule has 3 rings (SSSR count). The molecule has 1 aromatic carbocycles. The van der Waals surface area contributed by atoms with Crippen molar-refractivity contribution in [2.45, 2.75) is 46.2 Å². The van der Waals surface area contributed by atoms with Gasteiger partial charge in [0.25, 0.3) is 0 Å². The Morgan fingerprint density at radius 1 is 1.26 bits per heavy atom. The fourth-order valence-corrected chi connectivity index (χ4v) is 3.34. The molecule has 1 aromatic heterocycles. The lowest BCUT2D eigenvalue weighted by Crippen LogP contribution is -2.44. The van der Waals surface area contributed by atoms with E-state index in [-0.39, 0.29) is 12.1 Å². The van der Waals surface area contributed by atoms with E-state index in [0.29, 0.717) is 0 Å². The van der Waals surface area contributed by atoms with Crippen molar-refractivity contribution < 1.29 is 4.79 Å². The molecular formula is C19H25N3O. The molecule has 122 valence electrons. The van der Waals surface area contributed by atoms with E-state index in [9.17, 15) is 4.79 Å². The highest BCUT2D eigenvalue weighted by Crippen LogP contribution is 2.30. The number of anilines is 1. The Balaban J connectivity index is 1.82. The van der Waals surface area contributed by atoms with E-state index >= 15 is 0 Å². The predicted octanol–water partition coefficient (Wildman–Crippen LogP) is 4.49. The minimum Gasteiger partial charge on any atom is -0.348 e. The van der Waals surface area contributed by atoms with Crippen LogP contribution in [0.4, 0.5) is 10.5 Å². The lowest BCUT2D eigenvalue weighted by atomic mass is 10.0. The molecule has 0 radical (unpaired) electrons. The average Bonchev–Trinajstić information content (AvgIpc) is 3.00. The van der Waals surface area contributed by atoms with E-state index in [2.05, 4.69) is 47.3 Å². The van der Waals surface area contributed by atoms with Gasteiger partial charge in [0.2, 0.25) is 0 Å². The van der Waals surface area contributed by atoms with Crippen LogP contribution < -0.4 is 5.32 Å². The maximum atomic E-state index is 12.9. The molecule has 0 unspecified atom stereocenters. The van der Waals surface area contributed by atoms with Gasteiger partial charge < -0.3 is 14.8 Å². The minimum absolute atomic E-state index is 0.00426. The smallest absolute Gasteiger partial charge is 0.322 e. The summed E-state index contributed by atoms with van der Waals surface area (Å²) in [5.74, 6) is 0. The van der Waals surface area contributed by atoms with Crippen LogP contribution in [0.5, 0.6) is 0 Å². The first kappa shape index (κ1) is 15.7. The third-order valence-electron chi connectivity index (χ3n) is 4.62. The van der Waals surface area contributed by atoms with E-state index in [1.54, 1.807) is 0 Å². The van der Waals surface area contributed by atoms with Crippen LogP contribution in [0.2, 0.25) is 0 Å². The molecule has 0 fully saturated rings. The minimum atomic E-state index is 0.00426. The van der Waals surface area contributed by atoms with Gasteiger partial charge in [-0.15, -0.1) is 0 Å². The summed E-state index contributed by atoms with van der Waals surface area (Å²) in [4.78, 5) is 14.8. The van der Waals surface area contributed by atoms with Gasteiger partial charge in [0.05, 0.1) is 6.04 Å². The Morgan fingerprint density at radius 2 is 2.09 bits per heavy atom. The highest BCUT2D eigenvalue weighted by Gasteiger charge is 2.30. The van der Waals surface area contributed by atoms with Crippen LogP contribution >= 0.6 is 0 Å². The number of nitrogens with zero attached hydrogens (tertiary/aromatic N) is 2. The van der Waals surface area contributed by atoms with Gasteiger partial charge in [0, 0.05) is 30.7 Å². The van der Waals surface area contributed by atoms with E-state index in [1.165, 1.54) is 5.69 Å². The van der Waals surface area contributed by atoms with Crippen molar-refractivity contribution in [2.24, 2.45) is 0 Å². The quantitative estimate of drug-likeness (QED) is 0.890. The number of hydrogen-bond acceptors (Lipinski definition) is 1. The molecule has 2 aromatic rings. The van der Waals surface area contributed by atoms with Gasteiger partial charge in [-0.05, 0) is 49.6 Å². The number of fused-ring (bicyclic) bond motifs is 1. The molecule has 0 saturated carbocycles. The molecule has 1 atom stereocenters. The molecule has 0 spiro atoms. The van der Waals surface area contributed by atoms with Gasteiger partial charge in [-0.3, -0.25) is 0 Å². The number of hydrogen-bond donors (Lipinski definition) is 1. The number of aryl methyl sites for hydroxylation is 2. The van der Waals surface area contributed by atoms with E-state index in [0.717, 1.165) is 42.7 Å². The van der Waals surface area contributed by atoms with Gasteiger partial charge in [-0.2, -0.15) is 0 Å². The van der Waals surface area contributed by atoms with Gasteiger partial charge in [0.1, 0.15) is 0 Å². The normalized spacial score (nSPS) is 17.0. The fourth-order valence-electron chi connectivity index (χ4n) is 3.34. The summed E-state index contributed by atoms with van der Waals surface area (Å²) in [5.41, 5.74) is 4.40. The Kier molecular flexibility index (Phi) is 4.42. The molecule has 4 heteroatoms. The topological polar surface area (TPSA) is 37.3 Å². The zero-order valence-electron chi connectivity index (χ0n) is 14.2. The second-order valence-electron chi connectivity index (χ2n) is 6.37. The van der Waals surface area contributed by atoms with Gasteiger partial charge in [0.15, 0.2) is 0 Å². The van der Waals surface area contributed by atoms with Gasteiger partial charge >= 0.3 is 6.03 Å². The van der Waals surface area contributed by atoms with E-state index in [1.807, 2.05) is 24.8 Å². The Labute approximate surface area is 138 Å². The SMILES string of the molecule is CCC[C@@H]1c2cccn2CCN1C(=O)Nc1cc(C)ccc1C. The first-order valence-corrected chi connectivity index (χ1v) is 8.40. The second kappa shape index (κ2) is 6.49. The van der Waals surface area contributed by atoms with Crippen molar-refractivity contribution in [2.75, 3.05) is 11.9 Å². The third-order valence-corrected chi connectivity index (χ3v) is 4.62. The summed E-state index contributed by atoms with van der Waals surface area (Å²) in [7, 11) is 0. The van der Waals surface area contributed by atoms with Crippen molar-refractivity contribution in [1.29, 1.82) is 0 Å². The van der Waals surface area contributed by atoms with Crippen LogP contribution in [0, 0.1) is 13.8 Å². The molecule has 0 bridgehead atoms. The van der Waals surface area contributed by atoms with Crippen molar-refractivity contribution in [3.8, 4) is 0 Å². The predicted molar refractivity (Wildman–Crippen MR) is 93.7 cm³/mol. The lowest BCUT2D eigenvalue weighted by Gasteiger charge is -2.37. The lowest BCUT2D eigenvalue weighted by molar-refractivity contribution is 0.163. The van der Waals surface area contributed by atoms with E-state index < -0.39 is 0 Å². The van der Waals surface area contributed by atoms with Crippen LogP contribution in [0.15, 0.2) is 36.5 Å². The molecule has 1 aliphatic heterocycles. The summed E-state index contributed by atoms with van der Waals surface area (Å²) >= 11 is 0. The molecular weight excluding hydrogens is 286 g/mol. The van der Waals surface area contributed by atoms with Crippen molar-refractivity contribution in [3.05, 3.63) is 53.3 Å². The van der Waals surface area contributed by atoms with Gasteiger partial charge in [-0.25, -0.2) is 4.79 Å². The number of benzene rings is 1. The van der Waals surface area contributed by atoms with Crippen molar-refractivity contribution >= 4 is 11.7 Å². The Bertz CT molecular complexity index is 704. The molecule has 2 heterocycles. The van der Waals surface area contributed by atoms with E-state index in [4.69, 9.17) is 0 Å². The number of urea groups is 1. The van der Waals surface area contributed by atoms with Crippen LogP contribution in [-0.2, 0) is 6.54 Å². The fraction of sp³-hybridized carbons (Fsp3) is 0.421. The number of carbonyl (C=O) groups excluding carboxylic acids is 1. The van der Waals surface area contributed by atoms with Crippen LogP contribution in [0.25, 0.3) is 0 Å². The molecule has 0 aliphatic carbocycles. The van der Waals surface area contributed by atoms with Crippen LogP contribution in [-0.4, -0.2) is 22.0 Å². The zero-order valence-corrected chi connectivity index (χ0v) is 14.2. The molecule has 1 N–H and O–H groups in total. The summed E-state index contributed by atoms with van der Waals surface area (Å²) in [5, 5.41) is 3.11. The first-order valence-electron chi connectivity index (χ1n) is 8.40. The summed E-state index contributed by atoms with van der Waals surface area (Å²) in [6.07, 6.45) is 4.16.